The SMILES string of the molecule is O=C(Cc1ccccc1F)Nc1cccnc1N1CCC(CO)CC1. The van der Waals surface area contributed by atoms with E-state index in [-0.39, 0.29) is 24.8 Å². The lowest BCUT2D eigenvalue weighted by atomic mass is 9.98. The number of piperidine rings is 1. The van der Waals surface area contributed by atoms with Crippen molar-refractivity contribution in [3.63, 3.8) is 0 Å². The molecule has 1 aliphatic rings. The molecule has 2 N–H and O–H groups in total. The summed E-state index contributed by atoms with van der Waals surface area (Å²) in [6.07, 6.45) is 3.47. The molecule has 0 saturated carbocycles. The average Bonchev–Trinajstić information content (AvgIpc) is 2.64. The van der Waals surface area contributed by atoms with Crippen LogP contribution in [0.3, 0.4) is 0 Å². The van der Waals surface area contributed by atoms with Crippen LogP contribution in [0, 0.1) is 11.7 Å². The van der Waals surface area contributed by atoms with Crippen LogP contribution in [0.15, 0.2) is 42.6 Å². The second-order valence-electron chi connectivity index (χ2n) is 6.30. The first-order valence-electron chi connectivity index (χ1n) is 8.51. The molecule has 1 amide bonds. The zero-order valence-electron chi connectivity index (χ0n) is 14.0. The van der Waals surface area contributed by atoms with E-state index in [2.05, 4.69) is 15.2 Å². The number of hydrogen-bond donors (Lipinski definition) is 2. The molecule has 0 aliphatic carbocycles. The summed E-state index contributed by atoms with van der Waals surface area (Å²) in [5, 5.41) is 12.1. The highest BCUT2D eigenvalue weighted by molar-refractivity contribution is 5.94. The number of aliphatic hydroxyl groups excluding tert-OH is 1. The minimum atomic E-state index is -0.380. The Morgan fingerprint density at radius 2 is 2.00 bits per heavy atom. The summed E-state index contributed by atoms with van der Waals surface area (Å²) in [4.78, 5) is 18.8. The normalized spacial score (nSPS) is 15.2. The zero-order chi connectivity index (χ0) is 17.6. The van der Waals surface area contributed by atoms with Crippen LogP contribution in [0.1, 0.15) is 18.4 Å². The maximum atomic E-state index is 13.7. The van der Waals surface area contributed by atoms with Gasteiger partial charge in [-0.15, -0.1) is 0 Å². The van der Waals surface area contributed by atoms with E-state index in [0.29, 0.717) is 17.2 Å². The van der Waals surface area contributed by atoms with E-state index in [9.17, 15) is 14.3 Å². The van der Waals surface area contributed by atoms with Crippen LogP contribution in [0.25, 0.3) is 0 Å². The van der Waals surface area contributed by atoms with Crippen LogP contribution in [0.2, 0.25) is 0 Å². The smallest absolute Gasteiger partial charge is 0.229 e. The van der Waals surface area contributed by atoms with Gasteiger partial charge in [0.25, 0.3) is 0 Å². The van der Waals surface area contributed by atoms with Crippen molar-refractivity contribution in [2.75, 3.05) is 29.9 Å². The van der Waals surface area contributed by atoms with Gasteiger partial charge < -0.3 is 15.3 Å². The van der Waals surface area contributed by atoms with Crippen molar-refractivity contribution in [3.05, 3.63) is 54.0 Å². The van der Waals surface area contributed by atoms with Crippen LogP contribution in [0.4, 0.5) is 15.9 Å². The Hall–Kier alpha value is -2.47. The molecule has 0 atom stereocenters. The maximum absolute atomic E-state index is 13.7. The largest absolute Gasteiger partial charge is 0.396 e. The monoisotopic (exact) mass is 343 g/mol. The zero-order valence-corrected chi connectivity index (χ0v) is 14.0. The Labute approximate surface area is 146 Å². The van der Waals surface area contributed by atoms with Crippen molar-refractivity contribution >= 4 is 17.4 Å². The van der Waals surface area contributed by atoms with Gasteiger partial charge in [0, 0.05) is 25.9 Å². The van der Waals surface area contributed by atoms with Crippen LogP contribution in [-0.4, -0.2) is 35.7 Å². The van der Waals surface area contributed by atoms with E-state index < -0.39 is 0 Å². The van der Waals surface area contributed by atoms with E-state index in [1.54, 1.807) is 36.5 Å². The first-order chi connectivity index (χ1) is 12.2. The molecule has 1 aromatic heterocycles. The number of pyridine rings is 1. The third-order valence-electron chi connectivity index (χ3n) is 4.54. The topological polar surface area (TPSA) is 65.5 Å². The summed E-state index contributed by atoms with van der Waals surface area (Å²) in [7, 11) is 0. The Kier molecular flexibility index (Phi) is 5.60. The van der Waals surface area contributed by atoms with Crippen LogP contribution in [-0.2, 0) is 11.2 Å². The summed E-state index contributed by atoms with van der Waals surface area (Å²) in [5.41, 5.74) is 1.00. The Morgan fingerprint density at radius 3 is 2.72 bits per heavy atom. The fraction of sp³-hybridized carbons (Fsp3) is 0.368. The number of aliphatic hydroxyl groups is 1. The van der Waals surface area contributed by atoms with Gasteiger partial charge in [0.15, 0.2) is 5.82 Å². The number of carbonyl (C=O) groups excluding carboxylic acids is 1. The molecule has 25 heavy (non-hydrogen) atoms. The molecule has 1 aromatic carbocycles. The van der Waals surface area contributed by atoms with Crippen molar-refractivity contribution in [2.24, 2.45) is 5.92 Å². The number of aromatic nitrogens is 1. The first-order valence-corrected chi connectivity index (χ1v) is 8.51. The van der Waals surface area contributed by atoms with Gasteiger partial charge in [0.1, 0.15) is 5.82 Å². The van der Waals surface area contributed by atoms with Gasteiger partial charge in [-0.3, -0.25) is 4.79 Å². The number of rotatable bonds is 5. The number of hydrogen-bond acceptors (Lipinski definition) is 4. The van der Waals surface area contributed by atoms with Gasteiger partial charge in [-0.25, -0.2) is 9.37 Å². The van der Waals surface area contributed by atoms with Crippen molar-refractivity contribution in [2.45, 2.75) is 19.3 Å². The van der Waals surface area contributed by atoms with E-state index in [0.717, 1.165) is 31.7 Å². The second-order valence-corrected chi connectivity index (χ2v) is 6.30. The van der Waals surface area contributed by atoms with E-state index in [1.165, 1.54) is 6.07 Å². The lowest BCUT2D eigenvalue weighted by molar-refractivity contribution is -0.115. The fourth-order valence-corrected chi connectivity index (χ4v) is 3.08. The van der Waals surface area contributed by atoms with E-state index >= 15 is 0 Å². The number of nitrogens with zero attached hydrogens (tertiary/aromatic N) is 2. The number of nitrogens with one attached hydrogen (secondary N) is 1. The van der Waals surface area contributed by atoms with Crippen molar-refractivity contribution < 1.29 is 14.3 Å². The summed E-state index contributed by atoms with van der Waals surface area (Å²) in [6.45, 7) is 1.79. The summed E-state index contributed by atoms with van der Waals surface area (Å²) in [6, 6.07) is 9.85. The molecule has 1 saturated heterocycles. The molecule has 132 valence electrons. The Bertz CT molecular complexity index is 730. The second kappa shape index (κ2) is 8.07. The Balaban J connectivity index is 1.69. The molecule has 6 heteroatoms. The van der Waals surface area contributed by atoms with Crippen molar-refractivity contribution in [1.29, 1.82) is 0 Å². The van der Waals surface area contributed by atoms with E-state index in [1.807, 2.05) is 0 Å². The number of benzene rings is 1. The quantitative estimate of drug-likeness (QED) is 0.876. The molecule has 1 aliphatic heterocycles. The third-order valence-corrected chi connectivity index (χ3v) is 4.54. The predicted molar refractivity (Wildman–Crippen MR) is 95.0 cm³/mol. The van der Waals surface area contributed by atoms with Crippen LogP contribution >= 0.6 is 0 Å². The molecule has 0 spiro atoms. The minimum absolute atomic E-state index is 0.0202. The lowest BCUT2D eigenvalue weighted by Crippen LogP contribution is -2.36. The average molecular weight is 343 g/mol. The highest BCUT2D eigenvalue weighted by atomic mass is 19.1. The molecular weight excluding hydrogens is 321 g/mol. The van der Waals surface area contributed by atoms with Gasteiger partial charge in [0.2, 0.25) is 5.91 Å². The predicted octanol–water partition coefficient (Wildman–Crippen LogP) is 2.61. The molecule has 5 nitrogen and oxygen atoms in total. The van der Waals surface area contributed by atoms with Gasteiger partial charge in [0.05, 0.1) is 12.1 Å². The van der Waals surface area contributed by atoms with Crippen LogP contribution < -0.4 is 10.2 Å². The standard InChI is InChI=1S/C19H22FN3O2/c20-16-5-2-1-4-15(16)12-18(25)22-17-6-3-9-21-19(17)23-10-7-14(13-24)8-11-23/h1-6,9,14,24H,7-8,10-13H2,(H,22,25). The molecule has 1 fully saturated rings. The minimum Gasteiger partial charge on any atom is -0.396 e. The molecule has 3 rings (SSSR count). The van der Waals surface area contributed by atoms with Gasteiger partial charge >= 0.3 is 0 Å². The summed E-state index contributed by atoms with van der Waals surface area (Å²) in [5.74, 6) is 0.402. The number of anilines is 2. The van der Waals surface area contributed by atoms with Crippen molar-refractivity contribution in [3.8, 4) is 0 Å². The molecule has 0 unspecified atom stereocenters. The number of carbonyl (C=O) groups is 1. The van der Waals surface area contributed by atoms with Crippen molar-refractivity contribution in [1.82, 2.24) is 4.98 Å². The van der Waals surface area contributed by atoms with E-state index in [4.69, 9.17) is 0 Å². The molecular formula is C19H22FN3O2. The number of amides is 1. The Morgan fingerprint density at radius 1 is 1.24 bits per heavy atom. The highest BCUT2D eigenvalue weighted by Gasteiger charge is 2.22. The summed E-state index contributed by atoms with van der Waals surface area (Å²) < 4.78 is 13.7. The lowest BCUT2D eigenvalue weighted by Gasteiger charge is -2.33. The summed E-state index contributed by atoms with van der Waals surface area (Å²) >= 11 is 0. The van der Waals surface area contributed by atoms with Crippen LogP contribution in [0.5, 0.6) is 0 Å². The highest BCUT2D eigenvalue weighted by Crippen LogP contribution is 2.27. The third kappa shape index (κ3) is 4.33. The van der Waals surface area contributed by atoms with Gasteiger partial charge in [-0.2, -0.15) is 0 Å². The maximum Gasteiger partial charge on any atom is 0.229 e. The van der Waals surface area contributed by atoms with Gasteiger partial charge in [-0.1, -0.05) is 18.2 Å². The molecule has 0 radical (unpaired) electrons. The fourth-order valence-electron chi connectivity index (χ4n) is 3.08. The molecule has 0 bridgehead atoms. The van der Waals surface area contributed by atoms with Gasteiger partial charge in [-0.05, 0) is 42.5 Å². The number of halogens is 1. The first kappa shape index (κ1) is 17.4. The molecule has 2 aromatic rings. The molecule has 2 heterocycles.